The molecule has 0 aliphatic heterocycles. The number of rotatable bonds is 8. The monoisotopic (exact) mass is 326 g/mol. The third-order valence-electron chi connectivity index (χ3n) is 3.44. The molecule has 1 aromatic carbocycles. The molecular weight excluding hydrogens is 304 g/mol. The second-order valence-corrected chi connectivity index (χ2v) is 6.78. The van der Waals surface area contributed by atoms with E-state index >= 15 is 0 Å². The normalized spacial score (nSPS) is 15.8. The van der Waals surface area contributed by atoms with E-state index < -0.39 is 10.4 Å². The van der Waals surface area contributed by atoms with Crippen molar-refractivity contribution < 1.29 is 9.90 Å². The van der Waals surface area contributed by atoms with Crippen molar-refractivity contribution in [1.29, 1.82) is 0 Å². The predicted octanol–water partition coefficient (Wildman–Crippen LogP) is 4.35. The highest BCUT2D eigenvalue weighted by atomic mass is 79.9. The Bertz CT molecular complexity index is 387. The Morgan fingerprint density at radius 1 is 1.26 bits per heavy atom. The van der Waals surface area contributed by atoms with Gasteiger partial charge in [-0.05, 0) is 13.3 Å². The summed E-state index contributed by atoms with van der Waals surface area (Å²) < 4.78 is -0.902. The van der Waals surface area contributed by atoms with Gasteiger partial charge in [0, 0.05) is 5.56 Å². The fourth-order valence-electron chi connectivity index (χ4n) is 2.06. The maximum atomic E-state index is 12.4. The number of alkyl halides is 1. The molecule has 0 aromatic heterocycles. The number of benzene rings is 1. The number of aliphatic hydroxyl groups excluding tert-OH is 1. The van der Waals surface area contributed by atoms with Gasteiger partial charge in [0.05, 0.1) is 6.10 Å². The Labute approximate surface area is 124 Å². The van der Waals surface area contributed by atoms with Gasteiger partial charge in [-0.15, -0.1) is 0 Å². The summed E-state index contributed by atoms with van der Waals surface area (Å²) in [5.74, 6) is -0.0592. The molecular formula is C16H23BrO2. The fourth-order valence-corrected chi connectivity index (χ4v) is 2.52. The van der Waals surface area contributed by atoms with Crippen molar-refractivity contribution in [2.45, 2.75) is 56.4 Å². The smallest absolute Gasteiger partial charge is 0.181 e. The van der Waals surface area contributed by atoms with Gasteiger partial charge in [-0.2, -0.15) is 0 Å². The summed E-state index contributed by atoms with van der Waals surface area (Å²) in [5, 5.41) is 10.2. The number of ketones is 1. The minimum absolute atomic E-state index is 0.0592. The highest BCUT2D eigenvalue weighted by Crippen LogP contribution is 2.30. The largest absolute Gasteiger partial charge is 0.391 e. The number of halogens is 1. The summed E-state index contributed by atoms with van der Waals surface area (Å²) in [6, 6.07) is 9.12. The summed E-state index contributed by atoms with van der Waals surface area (Å²) in [6.07, 6.45) is 4.41. The number of carbonyl (C=O) groups excluding carboxylic acids is 1. The third kappa shape index (κ3) is 4.73. The molecule has 0 aliphatic rings. The molecule has 2 atom stereocenters. The maximum Gasteiger partial charge on any atom is 0.181 e. The molecule has 3 heteroatoms. The van der Waals surface area contributed by atoms with Crippen LogP contribution in [0.15, 0.2) is 30.3 Å². The van der Waals surface area contributed by atoms with Gasteiger partial charge < -0.3 is 5.11 Å². The first-order valence-corrected chi connectivity index (χ1v) is 7.76. The van der Waals surface area contributed by atoms with Gasteiger partial charge in [0.25, 0.3) is 0 Å². The summed E-state index contributed by atoms with van der Waals surface area (Å²) in [5.41, 5.74) is 0.634. The Balaban J connectivity index is 2.61. The molecule has 0 aliphatic carbocycles. The Kier molecular flexibility index (Phi) is 6.73. The maximum absolute atomic E-state index is 12.4. The van der Waals surface area contributed by atoms with Gasteiger partial charge in [-0.1, -0.05) is 78.9 Å². The van der Waals surface area contributed by atoms with Gasteiger partial charge in [-0.25, -0.2) is 0 Å². The number of hydrogen-bond acceptors (Lipinski definition) is 2. The van der Waals surface area contributed by atoms with Gasteiger partial charge in [0.15, 0.2) is 5.78 Å². The van der Waals surface area contributed by atoms with Crippen LogP contribution in [-0.2, 0) is 0 Å². The van der Waals surface area contributed by atoms with Crippen molar-refractivity contribution in [2.75, 3.05) is 0 Å². The number of carbonyl (C=O) groups is 1. The zero-order valence-electron chi connectivity index (χ0n) is 11.7. The fraction of sp³-hybridized carbons (Fsp3) is 0.562. The van der Waals surface area contributed by atoms with Crippen LogP contribution in [0.3, 0.4) is 0 Å². The van der Waals surface area contributed by atoms with Crippen LogP contribution in [0.1, 0.15) is 56.3 Å². The van der Waals surface area contributed by atoms with Crippen LogP contribution >= 0.6 is 15.9 Å². The average molecular weight is 327 g/mol. The molecule has 0 bridgehead atoms. The zero-order chi connectivity index (χ0) is 14.3. The summed E-state index contributed by atoms with van der Waals surface area (Å²) in [7, 11) is 0. The predicted molar refractivity (Wildman–Crippen MR) is 82.9 cm³/mol. The van der Waals surface area contributed by atoms with Crippen LogP contribution in [0.5, 0.6) is 0 Å². The first-order chi connectivity index (χ1) is 9.00. The van der Waals surface area contributed by atoms with Crippen molar-refractivity contribution in [1.82, 2.24) is 0 Å². The van der Waals surface area contributed by atoms with E-state index in [-0.39, 0.29) is 5.78 Å². The molecule has 2 nitrogen and oxygen atoms in total. The molecule has 0 radical (unpaired) electrons. The van der Waals surface area contributed by atoms with E-state index in [4.69, 9.17) is 0 Å². The molecule has 0 unspecified atom stereocenters. The van der Waals surface area contributed by atoms with Gasteiger partial charge in [-0.3, -0.25) is 4.79 Å². The van der Waals surface area contributed by atoms with Crippen molar-refractivity contribution in [3.63, 3.8) is 0 Å². The first kappa shape index (κ1) is 16.4. The van der Waals surface area contributed by atoms with Gasteiger partial charge in [0.2, 0.25) is 0 Å². The van der Waals surface area contributed by atoms with Crippen LogP contribution in [0.25, 0.3) is 0 Å². The second kappa shape index (κ2) is 7.81. The van der Waals surface area contributed by atoms with E-state index in [1.807, 2.05) is 18.2 Å². The summed E-state index contributed by atoms with van der Waals surface area (Å²) in [6.45, 7) is 3.91. The molecule has 1 aromatic rings. The minimum atomic E-state index is -0.902. The SMILES string of the molecule is CCCCCC[C@@H](O)[C@](C)(Br)C(=O)c1ccccc1. The molecule has 0 saturated heterocycles. The van der Waals surface area contributed by atoms with Crippen molar-refractivity contribution in [2.24, 2.45) is 0 Å². The lowest BCUT2D eigenvalue weighted by Crippen LogP contribution is -2.41. The number of hydrogen-bond donors (Lipinski definition) is 1. The molecule has 0 spiro atoms. The van der Waals surface area contributed by atoms with Crippen LogP contribution in [0.2, 0.25) is 0 Å². The van der Waals surface area contributed by atoms with Crippen molar-refractivity contribution in [3.05, 3.63) is 35.9 Å². The molecule has 1 N–H and O–H groups in total. The molecule has 0 heterocycles. The van der Waals surface area contributed by atoms with E-state index in [1.165, 1.54) is 12.8 Å². The van der Waals surface area contributed by atoms with E-state index in [0.717, 1.165) is 12.8 Å². The molecule has 0 fully saturated rings. The number of unbranched alkanes of at least 4 members (excludes halogenated alkanes) is 3. The quantitative estimate of drug-likeness (QED) is 0.438. The van der Waals surface area contributed by atoms with Crippen LogP contribution in [0, 0.1) is 0 Å². The van der Waals surface area contributed by atoms with Crippen LogP contribution in [-0.4, -0.2) is 21.3 Å². The van der Waals surface area contributed by atoms with E-state index in [9.17, 15) is 9.90 Å². The first-order valence-electron chi connectivity index (χ1n) is 6.97. The topological polar surface area (TPSA) is 37.3 Å². The Hall–Kier alpha value is -0.670. The molecule has 0 amide bonds. The molecule has 1 rings (SSSR count). The van der Waals surface area contributed by atoms with Crippen LogP contribution < -0.4 is 0 Å². The number of Topliss-reactive ketones (excluding diaryl/α,β-unsaturated/α-hetero) is 1. The Morgan fingerprint density at radius 3 is 2.47 bits per heavy atom. The highest BCUT2D eigenvalue weighted by Gasteiger charge is 2.37. The lowest BCUT2D eigenvalue weighted by Gasteiger charge is -2.27. The molecule has 106 valence electrons. The van der Waals surface area contributed by atoms with Crippen molar-refractivity contribution in [3.8, 4) is 0 Å². The highest BCUT2D eigenvalue weighted by molar-refractivity contribution is 9.10. The van der Waals surface area contributed by atoms with E-state index in [2.05, 4.69) is 22.9 Å². The van der Waals surface area contributed by atoms with E-state index in [1.54, 1.807) is 19.1 Å². The second-order valence-electron chi connectivity index (χ2n) is 5.14. The Morgan fingerprint density at radius 2 is 1.89 bits per heavy atom. The van der Waals surface area contributed by atoms with E-state index in [0.29, 0.717) is 12.0 Å². The molecule has 0 saturated carbocycles. The minimum Gasteiger partial charge on any atom is -0.391 e. The zero-order valence-corrected chi connectivity index (χ0v) is 13.3. The van der Waals surface area contributed by atoms with Crippen molar-refractivity contribution >= 4 is 21.7 Å². The number of aliphatic hydroxyl groups is 1. The summed E-state index contributed by atoms with van der Waals surface area (Å²) in [4.78, 5) is 12.4. The lowest BCUT2D eigenvalue weighted by atomic mass is 9.91. The third-order valence-corrected chi connectivity index (χ3v) is 4.33. The molecule has 19 heavy (non-hydrogen) atoms. The van der Waals surface area contributed by atoms with Crippen LogP contribution in [0.4, 0.5) is 0 Å². The van der Waals surface area contributed by atoms with Gasteiger partial charge >= 0.3 is 0 Å². The standard InChI is InChI=1S/C16H23BrO2/c1-3-4-5-9-12-14(18)16(2,17)15(19)13-10-7-6-8-11-13/h6-8,10-11,14,18H,3-5,9,12H2,1-2H3/t14-,16+/m1/s1. The average Bonchev–Trinajstić information content (AvgIpc) is 2.43. The summed E-state index contributed by atoms with van der Waals surface area (Å²) >= 11 is 3.42. The lowest BCUT2D eigenvalue weighted by molar-refractivity contribution is 0.0770. The van der Waals surface area contributed by atoms with Gasteiger partial charge in [0.1, 0.15) is 4.32 Å².